The molecule has 1 amide bonds. The van der Waals surface area contributed by atoms with E-state index in [9.17, 15) is 4.79 Å². The number of nitrogens with zero attached hydrogens (tertiary/aromatic N) is 1. The van der Waals surface area contributed by atoms with Gasteiger partial charge in [0.15, 0.2) is 0 Å². The minimum Gasteiger partial charge on any atom is -0.361 e. The molecule has 0 bridgehead atoms. The quantitative estimate of drug-likeness (QED) is 0.875. The zero-order chi connectivity index (χ0) is 13.7. The summed E-state index contributed by atoms with van der Waals surface area (Å²) in [4.78, 5) is 17.7. The number of carbonyl (C=O) groups is 1. The van der Waals surface area contributed by atoms with Crippen molar-refractivity contribution in [2.24, 2.45) is 17.6 Å². The lowest BCUT2D eigenvalue weighted by atomic mass is 9.99. The van der Waals surface area contributed by atoms with Gasteiger partial charge in [-0.1, -0.05) is 6.07 Å². The average Bonchev–Trinajstić information content (AvgIpc) is 3.06. The number of amides is 1. The van der Waals surface area contributed by atoms with Crippen LogP contribution in [-0.4, -0.2) is 34.9 Å². The molecule has 2 fully saturated rings. The number of aromatic amines is 1. The van der Waals surface area contributed by atoms with E-state index in [-0.39, 0.29) is 11.9 Å². The lowest BCUT2D eigenvalue weighted by Crippen LogP contribution is -2.32. The third kappa shape index (κ3) is 1.91. The Morgan fingerprint density at radius 1 is 1.25 bits per heavy atom. The lowest BCUT2D eigenvalue weighted by Gasteiger charge is -2.16. The van der Waals surface area contributed by atoms with Gasteiger partial charge in [-0.05, 0) is 48.3 Å². The molecule has 1 aromatic carbocycles. The maximum atomic E-state index is 12.6. The fourth-order valence-electron chi connectivity index (χ4n) is 3.41. The van der Waals surface area contributed by atoms with Gasteiger partial charge in [-0.3, -0.25) is 4.79 Å². The highest BCUT2D eigenvalue weighted by Crippen LogP contribution is 2.41. The highest BCUT2D eigenvalue weighted by molar-refractivity contribution is 5.98. The number of likely N-dealkylation sites (tertiary alicyclic amines) is 1. The Kier molecular flexibility index (Phi) is 2.60. The van der Waals surface area contributed by atoms with Crippen LogP contribution in [0, 0.1) is 11.8 Å². The molecule has 2 atom stereocenters. The first-order valence-corrected chi connectivity index (χ1v) is 7.34. The zero-order valence-corrected chi connectivity index (χ0v) is 11.4. The number of carbonyl (C=O) groups excluding carboxylic acids is 1. The number of hydrogen-bond acceptors (Lipinski definition) is 2. The molecule has 4 nitrogen and oxygen atoms in total. The van der Waals surface area contributed by atoms with Crippen molar-refractivity contribution in [3.8, 4) is 0 Å². The van der Waals surface area contributed by atoms with E-state index in [2.05, 4.69) is 4.98 Å². The van der Waals surface area contributed by atoms with Crippen molar-refractivity contribution in [1.29, 1.82) is 0 Å². The Bertz CT molecular complexity index is 659. The second-order valence-corrected chi connectivity index (χ2v) is 6.15. The average molecular weight is 269 g/mol. The van der Waals surface area contributed by atoms with Crippen molar-refractivity contribution in [2.45, 2.75) is 18.9 Å². The number of nitrogens with one attached hydrogen (secondary N) is 1. The number of H-pyrrole nitrogens is 1. The summed E-state index contributed by atoms with van der Waals surface area (Å²) in [5.74, 6) is 1.38. The van der Waals surface area contributed by atoms with Gasteiger partial charge in [0.05, 0.1) is 0 Å². The number of hydrogen-bond donors (Lipinski definition) is 2. The molecular weight excluding hydrogens is 250 g/mol. The van der Waals surface area contributed by atoms with E-state index in [0.717, 1.165) is 28.9 Å². The van der Waals surface area contributed by atoms with Crippen molar-refractivity contribution in [1.82, 2.24) is 9.88 Å². The molecule has 1 aromatic heterocycles. The fraction of sp³-hybridized carbons (Fsp3) is 0.438. The predicted molar refractivity (Wildman–Crippen MR) is 78.4 cm³/mol. The smallest absolute Gasteiger partial charge is 0.253 e. The van der Waals surface area contributed by atoms with Crippen LogP contribution in [0.15, 0.2) is 30.5 Å². The van der Waals surface area contributed by atoms with Crippen molar-refractivity contribution in [3.63, 3.8) is 0 Å². The predicted octanol–water partition coefficient (Wildman–Crippen LogP) is 1.98. The van der Waals surface area contributed by atoms with Gasteiger partial charge in [0.1, 0.15) is 0 Å². The molecule has 2 aromatic rings. The lowest BCUT2D eigenvalue weighted by molar-refractivity contribution is 0.0785. The molecule has 4 rings (SSSR count). The van der Waals surface area contributed by atoms with Crippen LogP contribution in [0.4, 0.5) is 0 Å². The maximum absolute atomic E-state index is 12.6. The van der Waals surface area contributed by atoms with Crippen LogP contribution < -0.4 is 5.73 Å². The number of nitrogens with two attached hydrogens (primary N) is 1. The molecule has 0 spiro atoms. The van der Waals surface area contributed by atoms with E-state index in [1.165, 1.54) is 12.8 Å². The molecule has 20 heavy (non-hydrogen) atoms. The normalized spacial score (nSPS) is 26.4. The van der Waals surface area contributed by atoms with Gasteiger partial charge in [-0.2, -0.15) is 0 Å². The summed E-state index contributed by atoms with van der Waals surface area (Å²) in [5.41, 5.74) is 7.97. The number of rotatable bonds is 2. The summed E-state index contributed by atoms with van der Waals surface area (Å²) >= 11 is 0. The molecule has 3 N–H and O–H groups in total. The first-order valence-electron chi connectivity index (χ1n) is 7.34. The monoisotopic (exact) mass is 269 g/mol. The molecule has 1 saturated heterocycles. The Morgan fingerprint density at radius 2 is 2.10 bits per heavy atom. The molecule has 104 valence electrons. The van der Waals surface area contributed by atoms with Crippen LogP contribution in [0.1, 0.15) is 23.2 Å². The second kappa shape index (κ2) is 4.35. The Labute approximate surface area is 117 Å². The summed E-state index contributed by atoms with van der Waals surface area (Å²) in [7, 11) is 0. The minimum absolute atomic E-state index is 0.111. The molecule has 1 saturated carbocycles. The number of fused-ring (bicyclic) bond motifs is 1. The van der Waals surface area contributed by atoms with E-state index in [1.807, 2.05) is 35.4 Å². The Balaban J connectivity index is 1.57. The Hall–Kier alpha value is -1.81. The van der Waals surface area contributed by atoms with Gasteiger partial charge >= 0.3 is 0 Å². The second-order valence-electron chi connectivity index (χ2n) is 6.15. The summed E-state index contributed by atoms with van der Waals surface area (Å²) in [6, 6.07) is 8.01. The third-order valence-electron chi connectivity index (χ3n) is 4.73. The first-order chi connectivity index (χ1) is 9.72. The summed E-state index contributed by atoms with van der Waals surface area (Å²) in [6.45, 7) is 1.52. The third-order valence-corrected chi connectivity index (χ3v) is 4.73. The van der Waals surface area contributed by atoms with Gasteiger partial charge in [-0.25, -0.2) is 0 Å². The highest BCUT2D eigenvalue weighted by atomic mass is 16.2. The molecule has 0 radical (unpaired) electrons. The zero-order valence-electron chi connectivity index (χ0n) is 11.4. The van der Waals surface area contributed by atoms with E-state index in [1.54, 1.807) is 0 Å². The van der Waals surface area contributed by atoms with Crippen LogP contribution >= 0.6 is 0 Å². The van der Waals surface area contributed by atoms with Gasteiger partial charge < -0.3 is 15.6 Å². The fourth-order valence-corrected chi connectivity index (χ4v) is 3.41. The number of aromatic nitrogens is 1. The Morgan fingerprint density at radius 3 is 2.90 bits per heavy atom. The van der Waals surface area contributed by atoms with Gasteiger partial charge in [0.2, 0.25) is 0 Å². The first kappa shape index (κ1) is 12.0. The van der Waals surface area contributed by atoms with Crippen molar-refractivity contribution < 1.29 is 4.79 Å². The maximum Gasteiger partial charge on any atom is 0.253 e. The minimum atomic E-state index is 0.111. The highest BCUT2D eigenvalue weighted by Gasteiger charge is 2.42. The molecule has 2 unspecified atom stereocenters. The van der Waals surface area contributed by atoms with Gasteiger partial charge in [0.25, 0.3) is 5.91 Å². The SMILES string of the molecule is NC1CN(C(=O)c2ccc3cc[nH]c3c2)CC1C1CC1. The summed E-state index contributed by atoms with van der Waals surface area (Å²) in [6.07, 6.45) is 4.47. The van der Waals surface area contributed by atoms with Crippen molar-refractivity contribution in [3.05, 3.63) is 36.0 Å². The molecule has 1 aliphatic heterocycles. The summed E-state index contributed by atoms with van der Waals surface area (Å²) < 4.78 is 0. The van der Waals surface area contributed by atoms with E-state index >= 15 is 0 Å². The molecule has 1 aliphatic carbocycles. The van der Waals surface area contributed by atoms with Crippen LogP contribution in [-0.2, 0) is 0 Å². The van der Waals surface area contributed by atoms with Gasteiger partial charge in [-0.15, -0.1) is 0 Å². The standard InChI is InChI=1S/C16H19N3O/c17-14-9-19(8-13(14)10-1-2-10)16(20)12-4-3-11-5-6-18-15(11)7-12/h3-7,10,13-14,18H,1-2,8-9,17H2. The van der Waals surface area contributed by atoms with E-state index < -0.39 is 0 Å². The van der Waals surface area contributed by atoms with Gasteiger partial charge in [0, 0.05) is 36.4 Å². The van der Waals surface area contributed by atoms with Crippen molar-refractivity contribution >= 4 is 16.8 Å². The topological polar surface area (TPSA) is 62.1 Å². The summed E-state index contributed by atoms with van der Waals surface area (Å²) in [5, 5.41) is 1.13. The van der Waals surface area contributed by atoms with Crippen LogP contribution in [0.25, 0.3) is 10.9 Å². The number of benzene rings is 1. The largest absolute Gasteiger partial charge is 0.361 e. The molecule has 2 aliphatic rings. The van der Waals surface area contributed by atoms with E-state index in [0.29, 0.717) is 12.5 Å². The molecular formula is C16H19N3O. The van der Waals surface area contributed by atoms with E-state index in [4.69, 9.17) is 5.73 Å². The molecule has 2 heterocycles. The van der Waals surface area contributed by atoms with Crippen LogP contribution in [0.3, 0.4) is 0 Å². The van der Waals surface area contributed by atoms with Crippen molar-refractivity contribution in [2.75, 3.05) is 13.1 Å². The molecule has 4 heteroatoms. The van der Waals surface area contributed by atoms with Crippen LogP contribution in [0.5, 0.6) is 0 Å². The van der Waals surface area contributed by atoms with Crippen LogP contribution in [0.2, 0.25) is 0 Å².